The summed E-state index contributed by atoms with van der Waals surface area (Å²) in [7, 11) is 0. The lowest BCUT2D eigenvalue weighted by Gasteiger charge is -2.14. The van der Waals surface area contributed by atoms with E-state index in [9.17, 15) is 22.0 Å². The van der Waals surface area contributed by atoms with Crippen molar-refractivity contribution in [2.75, 3.05) is 11.9 Å². The number of halogens is 7. The Morgan fingerprint density at radius 2 is 1.68 bits per heavy atom. The molecule has 0 amide bonds. The highest BCUT2D eigenvalue weighted by Gasteiger charge is 2.37. The van der Waals surface area contributed by atoms with Crippen molar-refractivity contribution in [3.63, 3.8) is 0 Å². The number of hydrogen-bond donors (Lipinski definition) is 1. The highest BCUT2D eigenvalue weighted by atomic mass is 127. The first kappa shape index (κ1) is 24.3. The van der Waals surface area contributed by atoms with Crippen LogP contribution in [0.3, 0.4) is 0 Å². The van der Waals surface area contributed by atoms with Crippen LogP contribution in [0, 0.1) is 15.2 Å². The molecule has 0 spiro atoms. The quantitative estimate of drug-likeness (QED) is 0.189. The number of pyridine rings is 1. The van der Waals surface area contributed by atoms with E-state index in [0.29, 0.717) is 16.5 Å². The van der Waals surface area contributed by atoms with E-state index in [4.69, 9.17) is 16.3 Å². The van der Waals surface area contributed by atoms with Gasteiger partial charge in [0.25, 0.3) is 0 Å². The number of nitrogens with zero attached hydrogens (tertiary/aromatic N) is 3. The van der Waals surface area contributed by atoms with E-state index >= 15 is 0 Å². The maximum absolute atomic E-state index is 14.2. The largest absolute Gasteiger partial charge is 0.455 e. The molecule has 1 N–H and O–H groups in total. The van der Waals surface area contributed by atoms with Crippen LogP contribution in [0.5, 0.6) is 11.5 Å². The molecule has 0 radical (unpaired) electrons. The van der Waals surface area contributed by atoms with Gasteiger partial charge in [-0.15, -0.1) is 0 Å². The van der Waals surface area contributed by atoms with Crippen molar-refractivity contribution in [2.45, 2.75) is 12.6 Å². The average molecular weight is 607 g/mol. The number of fused-ring (bicyclic) bond motifs is 1. The lowest BCUT2D eigenvalue weighted by Crippen LogP contribution is -2.10. The summed E-state index contributed by atoms with van der Waals surface area (Å²) in [6.07, 6.45) is -2.03. The van der Waals surface area contributed by atoms with Crippen molar-refractivity contribution in [3.8, 4) is 11.5 Å². The van der Waals surface area contributed by atoms with Crippen molar-refractivity contribution >= 4 is 50.9 Å². The van der Waals surface area contributed by atoms with Gasteiger partial charge in [0.05, 0.1) is 8.96 Å². The van der Waals surface area contributed by atoms with E-state index in [2.05, 4.69) is 20.3 Å². The third kappa shape index (κ3) is 5.14. The van der Waals surface area contributed by atoms with Crippen molar-refractivity contribution in [1.29, 1.82) is 0 Å². The summed E-state index contributed by atoms with van der Waals surface area (Å²) in [5, 5.41) is 2.32. The maximum Gasteiger partial charge on any atom is 0.434 e. The zero-order chi connectivity index (χ0) is 24.5. The van der Waals surface area contributed by atoms with Gasteiger partial charge in [0.15, 0.2) is 11.4 Å². The van der Waals surface area contributed by atoms with Gasteiger partial charge in [0.2, 0.25) is 0 Å². The highest BCUT2D eigenvalue weighted by Crippen LogP contribution is 2.41. The molecule has 0 aliphatic carbocycles. The van der Waals surface area contributed by atoms with E-state index in [1.54, 1.807) is 46.9 Å². The topological polar surface area (TPSA) is 59.9 Å². The summed E-state index contributed by atoms with van der Waals surface area (Å²) < 4.78 is 73.2. The Bertz CT molecular complexity index is 1350. The summed E-state index contributed by atoms with van der Waals surface area (Å²) >= 11 is 7.68. The number of ether oxygens (including phenoxy) is 1. The molecule has 12 heteroatoms. The van der Waals surface area contributed by atoms with Crippen LogP contribution in [0.2, 0.25) is 5.02 Å². The Labute approximate surface area is 208 Å². The molecule has 2 heterocycles. The molecule has 176 valence electrons. The van der Waals surface area contributed by atoms with Gasteiger partial charge >= 0.3 is 6.18 Å². The molecule has 2 aromatic heterocycles. The maximum atomic E-state index is 14.2. The molecule has 0 aliphatic rings. The van der Waals surface area contributed by atoms with Crippen molar-refractivity contribution < 1.29 is 26.7 Å². The van der Waals surface area contributed by atoms with E-state index < -0.39 is 28.5 Å². The number of benzene rings is 2. The lowest BCUT2D eigenvalue weighted by atomic mass is 10.1. The predicted octanol–water partition coefficient (Wildman–Crippen LogP) is 7.03. The monoisotopic (exact) mass is 606 g/mol. The van der Waals surface area contributed by atoms with Crippen LogP contribution in [-0.2, 0) is 12.6 Å². The number of aromatic nitrogens is 3. The molecule has 5 nitrogen and oxygen atoms in total. The van der Waals surface area contributed by atoms with Crippen LogP contribution < -0.4 is 10.1 Å². The first-order valence-corrected chi connectivity index (χ1v) is 11.1. The zero-order valence-electron chi connectivity index (χ0n) is 16.9. The first-order valence-electron chi connectivity index (χ1n) is 9.65. The van der Waals surface area contributed by atoms with Crippen LogP contribution >= 0.6 is 34.2 Å². The third-order valence-electron chi connectivity index (χ3n) is 4.74. The molecule has 2 aromatic carbocycles. The lowest BCUT2D eigenvalue weighted by molar-refractivity contribution is -0.141. The molecule has 0 fully saturated rings. The number of rotatable bonds is 6. The molecule has 0 unspecified atom stereocenters. The smallest absolute Gasteiger partial charge is 0.434 e. The van der Waals surface area contributed by atoms with E-state index in [0.717, 1.165) is 30.2 Å². The Kier molecular flexibility index (Phi) is 7.03. The normalized spacial score (nSPS) is 11.6. The molecule has 4 rings (SSSR count). The summed E-state index contributed by atoms with van der Waals surface area (Å²) in [6, 6.07) is 8.64. The van der Waals surface area contributed by atoms with Crippen molar-refractivity contribution in [3.05, 3.63) is 80.4 Å². The Balaban J connectivity index is 1.44. The molecule has 0 bridgehead atoms. The van der Waals surface area contributed by atoms with Gasteiger partial charge in [-0.05, 0) is 58.8 Å². The summed E-state index contributed by atoms with van der Waals surface area (Å²) in [5.41, 5.74) is -0.478. The van der Waals surface area contributed by atoms with Crippen molar-refractivity contribution in [2.24, 2.45) is 0 Å². The SMILES string of the molecule is Fc1ccc(F)c2c(NCCc3ccc(Oc4c(I)cnc(C(F)(F)F)c4Cl)cc3)ncnc12. The van der Waals surface area contributed by atoms with Gasteiger partial charge in [-0.25, -0.2) is 23.7 Å². The molecule has 34 heavy (non-hydrogen) atoms. The number of hydrogen-bond acceptors (Lipinski definition) is 5. The van der Waals surface area contributed by atoms with Crippen LogP contribution in [0.4, 0.5) is 27.8 Å². The second kappa shape index (κ2) is 9.82. The van der Waals surface area contributed by atoms with E-state index in [1.165, 1.54) is 0 Å². The summed E-state index contributed by atoms with van der Waals surface area (Å²) in [4.78, 5) is 11.1. The third-order valence-corrected chi connectivity index (χ3v) is 5.86. The number of alkyl halides is 3. The predicted molar refractivity (Wildman–Crippen MR) is 125 cm³/mol. The number of nitrogens with one attached hydrogen (secondary N) is 1. The minimum absolute atomic E-state index is 0.0340. The average Bonchev–Trinajstić information content (AvgIpc) is 2.79. The molecule has 0 saturated carbocycles. The van der Waals surface area contributed by atoms with Crippen LogP contribution in [0.15, 0.2) is 48.9 Å². The van der Waals surface area contributed by atoms with Crippen LogP contribution in [0.25, 0.3) is 10.9 Å². The molecular weight excluding hydrogens is 594 g/mol. The minimum atomic E-state index is -4.71. The van der Waals surface area contributed by atoms with Gasteiger partial charge < -0.3 is 10.1 Å². The van der Waals surface area contributed by atoms with Crippen LogP contribution in [0.1, 0.15) is 11.3 Å². The fourth-order valence-electron chi connectivity index (χ4n) is 3.14. The Hall–Kier alpha value is -2.80. The standard InChI is InChI=1S/C22H13ClF5IN4O/c23-17-19(15(29)9-31-20(17)22(26,27)28)34-12-3-1-11(2-4-12)7-8-30-21-16-13(24)5-6-14(25)18(16)32-10-33-21/h1-6,9-10H,7-8H2,(H,30,32,33). The van der Waals surface area contributed by atoms with Gasteiger partial charge in [-0.3, -0.25) is 0 Å². The van der Waals surface area contributed by atoms with Gasteiger partial charge in [-0.2, -0.15) is 13.2 Å². The molecular formula is C22H13ClF5IN4O. The molecule has 0 aliphatic heterocycles. The fraction of sp³-hybridized carbons (Fsp3) is 0.136. The fourth-order valence-corrected chi connectivity index (χ4v) is 4.12. The Morgan fingerprint density at radius 1 is 0.971 bits per heavy atom. The molecule has 0 atom stereocenters. The van der Waals surface area contributed by atoms with E-state index in [1.807, 2.05) is 0 Å². The second-order valence-corrected chi connectivity index (χ2v) is 8.53. The molecule has 0 saturated heterocycles. The minimum Gasteiger partial charge on any atom is -0.455 e. The second-order valence-electron chi connectivity index (χ2n) is 6.99. The van der Waals surface area contributed by atoms with Crippen molar-refractivity contribution in [1.82, 2.24) is 15.0 Å². The Morgan fingerprint density at radius 3 is 2.38 bits per heavy atom. The summed E-state index contributed by atoms with van der Waals surface area (Å²) in [5.74, 6) is -0.966. The van der Waals surface area contributed by atoms with Gasteiger partial charge in [0, 0.05) is 12.7 Å². The summed E-state index contributed by atoms with van der Waals surface area (Å²) in [6.45, 7) is 0.352. The zero-order valence-corrected chi connectivity index (χ0v) is 19.8. The first-order chi connectivity index (χ1) is 16.1. The van der Waals surface area contributed by atoms with E-state index in [-0.39, 0.29) is 28.2 Å². The molecule has 4 aromatic rings. The number of anilines is 1. The highest BCUT2D eigenvalue weighted by molar-refractivity contribution is 14.1. The van der Waals surface area contributed by atoms with Gasteiger partial charge in [0.1, 0.15) is 40.1 Å². The van der Waals surface area contributed by atoms with Crippen LogP contribution in [-0.4, -0.2) is 21.5 Å². The van der Waals surface area contributed by atoms with Gasteiger partial charge in [-0.1, -0.05) is 23.7 Å².